The number of halogens is 4. The fourth-order valence-electron chi connectivity index (χ4n) is 5.04. The lowest BCUT2D eigenvalue weighted by molar-refractivity contribution is -0.137. The van der Waals surface area contributed by atoms with Gasteiger partial charge in [-0.25, -0.2) is 4.79 Å². The zero-order valence-corrected chi connectivity index (χ0v) is 21.0. The number of urea groups is 1. The van der Waals surface area contributed by atoms with Gasteiger partial charge >= 0.3 is 12.2 Å². The van der Waals surface area contributed by atoms with Gasteiger partial charge in [0.05, 0.1) is 10.6 Å². The number of likely N-dealkylation sites (N-methyl/N-ethyl adjacent to an activating group) is 1. The first-order valence-corrected chi connectivity index (χ1v) is 12.5. The third kappa shape index (κ3) is 5.40. The first kappa shape index (κ1) is 25.4. The molecule has 0 spiro atoms. The minimum absolute atomic E-state index is 0.00452. The van der Waals surface area contributed by atoms with E-state index in [1.54, 1.807) is 0 Å². The van der Waals surface area contributed by atoms with Gasteiger partial charge in [0, 0.05) is 60.1 Å². The Morgan fingerprint density at radius 1 is 1.08 bits per heavy atom. The Bertz CT molecular complexity index is 1350. The first-order valence-electron chi connectivity index (χ1n) is 12.1. The number of piperazine rings is 1. The summed E-state index contributed by atoms with van der Waals surface area (Å²) in [6.45, 7) is 3.07. The van der Waals surface area contributed by atoms with Crippen LogP contribution in [0.15, 0.2) is 36.4 Å². The van der Waals surface area contributed by atoms with Gasteiger partial charge in [-0.15, -0.1) is 0 Å². The van der Waals surface area contributed by atoms with E-state index in [2.05, 4.69) is 20.5 Å². The number of aromatic amines is 1. The molecule has 3 amide bonds. The summed E-state index contributed by atoms with van der Waals surface area (Å²) in [6.07, 6.45) is -2.70. The first-order chi connectivity index (χ1) is 17.6. The Morgan fingerprint density at radius 3 is 2.57 bits per heavy atom. The molecule has 0 radical (unpaired) electrons. The number of hydrogen-bond donors (Lipinski definition) is 3. The summed E-state index contributed by atoms with van der Waals surface area (Å²) in [6, 6.07) is 8.14. The highest BCUT2D eigenvalue weighted by Crippen LogP contribution is 2.36. The molecule has 0 saturated carbocycles. The van der Waals surface area contributed by atoms with Crippen LogP contribution in [-0.2, 0) is 19.0 Å². The van der Waals surface area contributed by atoms with E-state index in [9.17, 15) is 22.8 Å². The average molecular weight is 534 g/mol. The van der Waals surface area contributed by atoms with Crippen molar-refractivity contribution in [3.63, 3.8) is 0 Å². The lowest BCUT2D eigenvalue weighted by Gasteiger charge is -2.32. The predicted molar refractivity (Wildman–Crippen MR) is 136 cm³/mol. The van der Waals surface area contributed by atoms with Crippen LogP contribution in [0.3, 0.4) is 0 Å². The van der Waals surface area contributed by atoms with Crippen LogP contribution in [0.1, 0.15) is 33.6 Å². The molecule has 1 aliphatic heterocycles. The van der Waals surface area contributed by atoms with Crippen molar-refractivity contribution in [1.29, 1.82) is 0 Å². The maximum Gasteiger partial charge on any atom is 0.417 e. The maximum atomic E-state index is 13.1. The predicted octanol–water partition coefficient (Wildman–Crippen LogP) is 4.91. The Morgan fingerprint density at radius 2 is 1.84 bits per heavy atom. The van der Waals surface area contributed by atoms with Crippen LogP contribution >= 0.6 is 11.6 Å². The van der Waals surface area contributed by atoms with Crippen LogP contribution in [0.4, 0.5) is 23.7 Å². The molecule has 7 nitrogen and oxygen atoms in total. The molecular formula is C26H27ClF3N5O2. The van der Waals surface area contributed by atoms with Crippen molar-refractivity contribution in [3.05, 3.63) is 63.8 Å². The Labute approximate surface area is 216 Å². The summed E-state index contributed by atoms with van der Waals surface area (Å²) < 4.78 is 39.4. The molecule has 5 rings (SSSR count). The van der Waals surface area contributed by atoms with Gasteiger partial charge in [0.1, 0.15) is 0 Å². The lowest BCUT2D eigenvalue weighted by atomic mass is 9.91. The van der Waals surface area contributed by atoms with Crippen LogP contribution in [0.5, 0.6) is 0 Å². The number of benzene rings is 2. The molecule has 2 aliphatic rings. The topological polar surface area (TPSA) is 80.5 Å². The number of H-pyrrole nitrogens is 1. The SMILES string of the molecule is CN1CCN(C(=O)c2ccc3[nH]c4c(c3c2)CC(NC(=O)Nc2ccc(Cl)c(C(F)(F)F)c2)CC4)CC1. The second-order valence-corrected chi connectivity index (χ2v) is 10.1. The van der Waals surface area contributed by atoms with Crippen LogP contribution in [0.2, 0.25) is 5.02 Å². The van der Waals surface area contributed by atoms with Crippen LogP contribution < -0.4 is 10.6 Å². The molecule has 1 atom stereocenters. The van der Waals surface area contributed by atoms with E-state index < -0.39 is 22.8 Å². The molecule has 11 heteroatoms. The van der Waals surface area contributed by atoms with Crippen molar-refractivity contribution < 1.29 is 22.8 Å². The summed E-state index contributed by atoms with van der Waals surface area (Å²) in [5, 5.41) is 5.87. The molecule has 1 aliphatic carbocycles. The number of hydrogen-bond acceptors (Lipinski definition) is 3. The molecule has 2 heterocycles. The molecule has 0 bridgehead atoms. The summed E-state index contributed by atoms with van der Waals surface area (Å²) >= 11 is 5.66. The zero-order valence-electron chi connectivity index (χ0n) is 20.2. The Hall–Kier alpha value is -3.24. The second-order valence-electron chi connectivity index (χ2n) is 9.67. The average Bonchev–Trinajstić information content (AvgIpc) is 3.22. The fraction of sp³-hybridized carbons (Fsp3) is 0.385. The van der Waals surface area contributed by atoms with E-state index in [1.807, 2.05) is 30.1 Å². The van der Waals surface area contributed by atoms with Crippen molar-refractivity contribution >= 4 is 40.1 Å². The molecule has 196 valence electrons. The number of alkyl halides is 3. The van der Waals surface area contributed by atoms with E-state index in [0.717, 1.165) is 47.4 Å². The van der Waals surface area contributed by atoms with E-state index in [4.69, 9.17) is 11.6 Å². The number of fused-ring (bicyclic) bond motifs is 3. The smallest absolute Gasteiger partial charge is 0.358 e. The van der Waals surface area contributed by atoms with Crippen LogP contribution in [-0.4, -0.2) is 66.0 Å². The number of nitrogens with one attached hydrogen (secondary N) is 3. The highest BCUT2D eigenvalue weighted by atomic mass is 35.5. The molecule has 1 aromatic heterocycles. The summed E-state index contributed by atoms with van der Waals surface area (Å²) in [4.78, 5) is 33.2. The highest BCUT2D eigenvalue weighted by molar-refractivity contribution is 6.31. The largest absolute Gasteiger partial charge is 0.417 e. The van der Waals surface area contributed by atoms with Gasteiger partial charge < -0.3 is 25.4 Å². The van der Waals surface area contributed by atoms with E-state index in [0.29, 0.717) is 37.9 Å². The molecule has 1 fully saturated rings. The van der Waals surface area contributed by atoms with Gasteiger partial charge in [-0.3, -0.25) is 4.79 Å². The summed E-state index contributed by atoms with van der Waals surface area (Å²) in [7, 11) is 2.04. The summed E-state index contributed by atoms with van der Waals surface area (Å²) in [5.41, 5.74) is 2.69. The van der Waals surface area contributed by atoms with Gasteiger partial charge in [-0.2, -0.15) is 13.2 Å². The molecule has 3 aromatic rings. The lowest BCUT2D eigenvalue weighted by Crippen LogP contribution is -2.47. The third-order valence-electron chi connectivity index (χ3n) is 7.09. The fourth-order valence-corrected chi connectivity index (χ4v) is 5.26. The maximum absolute atomic E-state index is 13.1. The number of rotatable bonds is 3. The van der Waals surface area contributed by atoms with Gasteiger partial charge in [0.25, 0.3) is 5.91 Å². The van der Waals surface area contributed by atoms with E-state index in [1.165, 1.54) is 6.07 Å². The van der Waals surface area contributed by atoms with Crippen molar-refractivity contribution in [2.75, 3.05) is 38.5 Å². The third-order valence-corrected chi connectivity index (χ3v) is 7.42. The molecular weight excluding hydrogens is 507 g/mol. The number of aryl methyl sites for hydroxylation is 1. The molecule has 37 heavy (non-hydrogen) atoms. The van der Waals surface area contributed by atoms with Gasteiger partial charge in [0.2, 0.25) is 0 Å². The zero-order chi connectivity index (χ0) is 26.3. The standard InChI is InChI=1S/C26H27ClF3N5O2/c1-34-8-10-35(11-9-34)24(36)15-2-6-22-18(12-15)19-13-16(4-7-23(19)33-22)31-25(37)32-17-3-5-21(27)20(14-17)26(28,29)30/h2-3,5-6,12,14,16,33H,4,7-11,13H2,1H3,(H2,31,32,37). The highest BCUT2D eigenvalue weighted by Gasteiger charge is 2.33. The monoisotopic (exact) mass is 533 g/mol. The number of aromatic nitrogens is 1. The van der Waals surface area contributed by atoms with Crippen molar-refractivity contribution in [2.24, 2.45) is 0 Å². The van der Waals surface area contributed by atoms with Crippen molar-refractivity contribution in [2.45, 2.75) is 31.5 Å². The van der Waals surface area contributed by atoms with Gasteiger partial charge in [-0.1, -0.05) is 11.6 Å². The van der Waals surface area contributed by atoms with Gasteiger partial charge in [-0.05, 0) is 68.3 Å². The number of anilines is 1. The minimum atomic E-state index is -4.62. The van der Waals surface area contributed by atoms with Crippen molar-refractivity contribution in [3.8, 4) is 0 Å². The molecule has 3 N–H and O–H groups in total. The normalized spacial score (nSPS) is 18.5. The van der Waals surface area contributed by atoms with Gasteiger partial charge in [0.15, 0.2) is 0 Å². The Balaban J connectivity index is 1.28. The summed E-state index contributed by atoms with van der Waals surface area (Å²) in [5.74, 6) is 0.0102. The molecule has 1 saturated heterocycles. The quantitative estimate of drug-likeness (QED) is 0.448. The van der Waals surface area contributed by atoms with Crippen LogP contribution in [0.25, 0.3) is 10.9 Å². The number of amides is 3. The number of carbonyl (C=O) groups is 2. The van der Waals surface area contributed by atoms with Crippen LogP contribution in [0, 0.1) is 0 Å². The molecule has 2 aromatic carbocycles. The Kier molecular flexibility index (Phi) is 6.80. The minimum Gasteiger partial charge on any atom is -0.358 e. The number of nitrogens with zero attached hydrogens (tertiary/aromatic N) is 2. The van der Waals surface area contributed by atoms with Crippen molar-refractivity contribution in [1.82, 2.24) is 20.1 Å². The molecule has 1 unspecified atom stereocenters. The van der Waals surface area contributed by atoms with E-state index in [-0.39, 0.29) is 17.6 Å². The number of carbonyl (C=O) groups excluding carboxylic acids is 2. The van der Waals surface area contributed by atoms with E-state index >= 15 is 0 Å². The second kappa shape index (κ2) is 9.90.